The average Bonchev–Trinajstić information content (AvgIpc) is 3.49. The molecular weight excluding hydrogens is 581 g/mol. The van der Waals surface area contributed by atoms with Gasteiger partial charge in [-0.3, -0.25) is 0 Å². The summed E-state index contributed by atoms with van der Waals surface area (Å²) in [5.74, 6) is 0. The molecule has 0 heterocycles. The third-order valence-corrected chi connectivity index (χ3v) is 9.71. The molecule has 0 radical (unpaired) electrons. The molecular formula is C46H26N2. The van der Waals surface area contributed by atoms with Crippen molar-refractivity contribution in [1.82, 2.24) is 0 Å². The van der Waals surface area contributed by atoms with E-state index in [2.05, 4.69) is 121 Å². The first-order valence-electron chi connectivity index (χ1n) is 16.1. The normalized spacial score (nSPS) is 11.3. The fourth-order valence-corrected chi connectivity index (χ4v) is 7.65. The minimum absolute atomic E-state index is 0.599. The molecule has 9 rings (SSSR count). The molecule has 2 nitrogen and oxygen atoms in total. The Morgan fingerprint density at radius 2 is 0.604 bits per heavy atom. The maximum Gasteiger partial charge on any atom is 0.100 e. The van der Waals surface area contributed by atoms with E-state index in [1.54, 1.807) is 0 Å². The van der Waals surface area contributed by atoms with Gasteiger partial charge in [0.1, 0.15) is 12.1 Å². The molecule has 0 atom stereocenters. The number of nitriles is 2. The third-order valence-electron chi connectivity index (χ3n) is 9.71. The van der Waals surface area contributed by atoms with Gasteiger partial charge in [-0.1, -0.05) is 146 Å². The van der Waals surface area contributed by atoms with Crippen LogP contribution in [0.2, 0.25) is 0 Å². The van der Waals surface area contributed by atoms with Gasteiger partial charge in [-0.05, 0) is 78.5 Å². The van der Waals surface area contributed by atoms with Crippen LogP contribution in [0.15, 0.2) is 158 Å². The fraction of sp³-hybridized carbons (Fsp3) is 0. The molecule has 0 saturated carbocycles. The zero-order valence-electron chi connectivity index (χ0n) is 25.9. The second kappa shape index (κ2) is 11.0. The van der Waals surface area contributed by atoms with E-state index in [1.807, 2.05) is 48.5 Å². The standard InChI is InChI=1S/C46H26N2/c47-27-41-39-25-37(31-17-9-3-10-18-31)38(32-19-11-4-12-20-32)26-40(39)42(28-48)46-36-24-22-34(30-15-7-2-8-16-30)43-33(29-13-5-1-6-14-29)21-23-35(44(36)43)45(41)46/h1-26H. The lowest BCUT2D eigenvalue weighted by Gasteiger charge is -2.17. The quantitative estimate of drug-likeness (QED) is 0.200. The van der Waals surface area contributed by atoms with Crippen molar-refractivity contribution in [2.24, 2.45) is 0 Å². The summed E-state index contributed by atoms with van der Waals surface area (Å²) in [4.78, 5) is 0. The van der Waals surface area contributed by atoms with E-state index in [0.717, 1.165) is 88.3 Å². The number of hydrogen-bond acceptors (Lipinski definition) is 2. The van der Waals surface area contributed by atoms with Crippen LogP contribution in [0.3, 0.4) is 0 Å². The largest absolute Gasteiger partial charge is 0.192 e. The van der Waals surface area contributed by atoms with Crippen molar-refractivity contribution in [2.75, 3.05) is 0 Å². The first kappa shape index (κ1) is 27.6. The van der Waals surface area contributed by atoms with Crippen molar-refractivity contribution in [3.63, 3.8) is 0 Å². The van der Waals surface area contributed by atoms with E-state index >= 15 is 0 Å². The smallest absolute Gasteiger partial charge is 0.100 e. The maximum atomic E-state index is 11.0. The molecule has 0 aliphatic heterocycles. The SMILES string of the molecule is N#Cc1c2c(c(C#N)c3cc(-c4ccccc4)c(-c4ccccc4)cc13)-c1ccc(-c3ccccc3)c3c(-c4ccccc4)ccc-2c13. The minimum atomic E-state index is 0.599. The summed E-state index contributed by atoms with van der Waals surface area (Å²) in [6.07, 6.45) is 0. The number of hydrogen-bond donors (Lipinski definition) is 0. The van der Waals surface area contributed by atoms with Gasteiger partial charge < -0.3 is 0 Å². The van der Waals surface area contributed by atoms with Crippen LogP contribution in [0.4, 0.5) is 0 Å². The van der Waals surface area contributed by atoms with Gasteiger partial charge in [0, 0.05) is 21.9 Å². The number of nitrogens with zero attached hydrogens (tertiary/aromatic N) is 2. The van der Waals surface area contributed by atoms with Crippen LogP contribution < -0.4 is 0 Å². The lowest BCUT2D eigenvalue weighted by molar-refractivity contribution is 1.48. The van der Waals surface area contributed by atoms with Crippen molar-refractivity contribution in [2.45, 2.75) is 0 Å². The van der Waals surface area contributed by atoms with Gasteiger partial charge in [-0.15, -0.1) is 0 Å². The van der Waals surface area contributed by atoms with Crippen molar-refractivity contribution in [3.8, 4) is 78.9 Å². The van der Waals surface area contributed by atoms with Crippen LogP contribution in [0.1, 0.15) is 11.1 Å². The highest BCUT2D eigenvalue weighted by molar-refractivity contribution is 6.26. The minimum Gasteiger partial charge on any atom is -0.192 e. The Labute approximate surface area is 279 Å². The molecule has 0 unspecified atom stereocenters. The molecule has 2 heteroatoms. The van der Waals surface area contributed by atoms with Crippen LogP contribution in [-0.4, -0.2) is 0 Å². The summed E-state index contributed by atoms with van der Waals surface area (Å²) < 4.78 is 0. The first-order chi connectivity index (χ1) is 23.8. The molecule has 220 valence electrons. The molecule has 48 heavy (non-hydrogen) atoms. The summed E-state index contributed by atoms with van der Waals surface area (Å²) in [5, 5.41) is 25.8. The Kier molecular flexibility index (Phi) is 6.29. The van der Waals surface area contributed by atoms with E-state index < -0.39 is 0 Å². The molecule has 8 aromatic carbocycles. The van der Waals surface area contributed by atoms with Crippen LogP contribution in [0, 0.1) is 22.7 Å². The van der Waals surface area contributed by atoms with E-state index in [9.17, 15) is 10.5 Å². The Balaban J connectivity index is 1.44. The molecule has 0 amide bonds. The van der Waals surface area contributed by atoms with Crippen molar-refractivity contribution in [3.05, 3.63) is 169 Å². The van der Waals surface area contributed by atoms with Gasteiger partial charge in [0.25, 0.3) is 0 Å². The van der Waals surface area contributed by atoms with Gasteiger partial charge in [-0.25, -0.2) is 0 Å². The summed E-state index contributed by atoms with van der Waals surface area (Å²) in [5.41, 5.74) is 13.6. The molecule has 1 aliphatic carbocycles. The lowest BCUT2D eigenvalue weighted by atomic mass is 9.84. The molecule has 0 fully saturated rings. The Morgan fingerprint density at radius 1 is 0.312 bits per heavy atom. The number of benzene rings is 8. The second-order valence-corrected chi connectivity index (χ2v) is 12.2. The molecule has 0 N–H and O–H groups in total. The topological polar surface area (TPSA) is 47.6 Å². The first-order valence-corrected chi connectivity index (χ1v) is 16.1. The molecule has 1 aliphatic rings. The summed E-state index contributed by atoms with van der Waals surface area (Å²) in [6, 6.07) is 59.7. The van der Waals surface area contributed by atoms with Gasteiger partial charge in [0.15, 0.2) is 0 Å². The van der Waals surface area contributed by atoms with Gasteiger partial charge in [0.05, 0.1) is 11.1 Å². The predicted molar refractivity (Wildman–Crippen MR) is 197 cm³/mol. The molecule has 8 aromatic rings. The summed E-state index contributed by atoms with van der Waals surface area (Å²) in [6.45, 7) is 0. The number of fused-ring (bicyclic) bond motifs is 4. The molecule has 0 aromatic heterocycles. The van der Waals surface area contributed by atoms with Gasteiger partial charge in [-0.2, -0.15) is 10.5 Å². The summed E-state index contributed by atoms with van der Waals surface area (Å²) >= 11 is 0. The molecule has 0 saturated heterocycles. The monoisotopic (exact) mass is 606 g/mol. The van der Waals surface area contributed by atoms with Gasteiger partial charge >= 0.3 is 0 Å². The Hall–Kier alpha value is -6.74. The van der Waals surface area contributed by atoms with Crippen LogP contribution in [-0.2, 0) is 0 Å². The van der Waals surface area contributed by atoms with Crippen molar-refractivity contribution in [1.29, 1.82) is 10.5 Å². The number of rotatable bonds is 4. The average molecular weight is 607 g/mol. The Morgan fingerprint density at radius 3 is 0.938 bits per heavy atom. The Bertz CT molecular complexity index is 2460. The highest BCUT2D eigenvalue weighted by Crippen LogP contribution is 2.56. The van der Waals surface area contributed by atoms with E-state index in [1.165, 1.54) is 0 Å². The van der Waals surface area contributed by atoms with Crippen LogP contribution >= 0.6 is 0 Å². The van der Waals surface area contributed by atoms with Crippen molar-refractivity contribution < 1.29 is 0 Å². The highest BCUT2D eigenvalue weighted by Gasteiger charge is 2.32. The van der Waals surface area contributed by atoms with Crippen LogP contribution in [0.25, 0.3) is 88.3 Å². The highest BCUT2D eigenvalue weighted by atomic mass is 14.4. The zero-order chi connectivity index (χ0) is 32.2. The predicted octanol–water partition coefficient (Wildman–Crippen LogP) is 12.1. The van der Waals surface area contributed by atoms with E-state index in [-0.39, 0.29) is 0 Å². The maximum absolute atomic E-state index is 11.0. The third kappa shape index (κ3) is 4.04. The molecule has 0 bridgehead atoms. The lowest BCUT2D eigenvalue weighted by Crippen LogP contribution is -1.96. The van der Waals surface area contributed by atoms with E-state index in [0.29, 0.717) is 11.1 Å². The van der Waals surface area contributed by atoms with Gasteiger partial charge in [0.2, 0.25) is 0 Å². The van der Waals surface area contributed by atoms with Crippen LogP contribution in [0.5, 0.6) is 0 Å². The fourth-order valence-electron chi connectivity index (χ4n) is 7.65. The molecule has 0 spiro atoms. The summed E-state index contributed by atoms with van der Waals surface area (Å²) in [7, 11) is 0. The van der Waals surface area contributed by atoms with Crippen molar-refractivity contribution >= 4 is 21.5 Å². The van der Waals surface area contributed by atoms with E-state index in [4.69, 9.17) is 0 Å². The zero-order valence-corrected chi connectivity index (χ0v) is 25.9. The second-order valence-electron chi connectivity index (χ2n) is 12.2.